The van der Waals surface area contributed by atoms with E-state index in [4.69, 9.17) is 14.2 Å². The number of methoxy groups -OCH3 is 1. The van der Waals surface area contributed by atoms with Crippen molar-refractivity contribution >= 4 is 23.1 Å². The first-order chi connectivity index (χ1) is 16.0. The molecule has 1 N–H and O–H groups in total. The van der Waals surface area contributed by atoms with Crippen LogP contribution in [0.4, 0.5) is 5.69 Å². The average molecular weight is 444 g/mol. The SMILES string of the molecule is COc1ccc(/C(O)=C2\C(=O)C(=O)N(c3ccc4c(c3)OCO4)C2c2ccccn2)c(C)c1. The predicted molar refractivity (Wildman–Crippen MR) is 119 cm³/mol. The van der Waals surface area contributed by atoms with Crippen molar-refractivity contribution < 1.29 is 28.9 Å². The maximum absolute atomic E-state index is 13.2. The monoisotopic (exact) mass is 444 g/mol. The predicted octanol–water partition coefficient (Wildman–Crippen LogP) is 3.75. The van der Waals surface area contributed by atoms with Gasteiger partial charge in [0.05, 0.1) is 18.4 Å². The van der Waals surface area contributed by atoms with Gasteiger partial charge in [0.2, 0.25) is 6.79 Å². The number of benzene rings is 2. The largest absolute Gasteiger partial charge is 0.507 e. The second kappa shape index (κ2) is 7.98. The number of ketones is 1. The van der Waals surface area contributed by atoms with Gasteiger partial charge in [-0.25, -0.2) is 0 Å². The summed E-state index contributed by atoms with van der Waals surface area (Å²) in [4.78, 5) is 32.2. The Bertz CT molecular complexity index is 1300. The van der Waals surface area contributed by atoms with Gasteiger partial charge in [0.15, 0.2) is 11.5 Å². The first-order valence-corrected chi connectivity index (χ1v) is 10.3. The van der Waals surface area contributed by atoms with Crippen molar-refractivity contribution in [3.05, 3.63) is 83.2 Å². The van der Waals surface area contributed by atoms with Crippen LogP contribution in [0.1, 0.15) is 22.9 Å². The Morgan fingerprint density at radius 1 is 1.09 bits per heavy atom. The number of aromatic nitrogens is 1. The van der Waals surface area contributed by atoms with E-state index in [1.165, 1.54) is 4.90 Å². The smallest absolute Gasteiger partial charge is 0.300 e. The van der Waals surface area contributed by atoms with Crippen LogP contribution in [0.5, 0.6) is 17.2 Å². The van der Waals surface area contributed by atoms with Crippen molar-refractivity contribution in [3.8, 4) is 17.2 Å². The maximum Gasteiger partial charge on any atom is 0.300 e. The maximum atomic E-state index is 13.2. The van der Waals surface area contributed by atoms with Gasteiger partial charge in [-0.1, -0.05) is 6.07 Å². The van der Waals surface area contributed by atoms with Gasteiger partial charge in [0.25, 0.3) is 11.7 Å². The van der Waals surface area contributed by atoms with Crippen molar-refractivity contribution in [2.24, 2.45) is 0 Å². The first kappa shape index (κ1) is 20.6. The van der Waals surface area contributed by atoms with Crippen LogP contribution in [0.3, 0.4) is 0 Å². The molecular weight excluding hydrogens is 424 g/mol. The third-order valence-corrected chi connectivity index (χ3v) is 5.74. The summed E-state index contributed by atoms with van der Waals surface area (Å²) >= 11 is 0. The third kappa shape index (κ3) is 3.36. The Hall–Kier alpha value is -4.33. The second-order valence-corrected chi connectivity index (χ2v) is 7.64. The van der Waals surface area contributed by atoms with Crippen molar-refractivity contribution in [1.82, 2.24) is 4.98 Å². The molecule has 2 aliphatic heterocycles. The van der Waals surface area contributed by atoms with Crippen LogP contribution in [-0.4, -0.2) is 35.7 Å². The number of hydrogen-bond donors (Lipinski definition) is 1. The van der Waals surface area contributed by atoms with Crippen LogP contribution in [0, 0.1) is 6.92 Å². The number of rotatable bonds is 4. The highest BCUT2D eigenvalue weighted by Crippen LogP contribution is 2.44. The molecule has 1 atom stereocenters. The molecule has 1 saturated heterocycles. The molecule has 0 bridgehead atoms. The summed E-state index contributed by atoms with van der Waals surface area (Å²) in [7, 11) is 1.55. The van der Waals surface area contributed by atoms with E-state index in [1.807, 2.05) is 0 Å². The van der Waals surface area contributed by atoms with Gasteiger partial charge in [-0.2, -0.15) is 0 Å². The standard InChI is InChI=1S/C25H20N2O6/c1-14-11-16(31-2)7-8-17(14)23(28)21-22(18-5-3-4-10-26-18)27(25(30)24(21)29)15-6-9-19-20(12-15)33-13-32-19/h3-12,22,28H,13H2,1-2H3/b23-21+. The van der Waals surface area contributed by atoms with Gasteiger partial charge in [0, 0.05) is 23.5 Å². The molecule has 0 spiro atoms. The number of nitrogens with zero attached hydrogens (tertiary/aromatic N) is 2. The fourth-order valence-electron chi connectivity index (χ4n) is 4.13. The number of fused-ring (bicyclic) bond motifs is 1. The molecule has 2 aliphatic rings. The summed E-state index contributed by atoms with van der Waals surface area (Å²) < 4.78 is 16.0. The minimum Gasteiger partial charge on any atom is -0.507 e. The zero-order valence-electron chi connectivity index (χ0n) is 17.9. The second-order valence-electron chi connectivity index (χ2n) is 7.64. The molecule has 1 aromatic heterocycles. The van der Waals surface area contributed by atoms with Crippen LogP contribution >= 0.6 is 0 Å². The van der Waals surface area contributed by atoms with Crippen LogP contribution in [0.2, 0.25) is 0 Å². The number of hydrogen-bond acceptors (Lipinski definition) is 7. The number of anilines is 1. The lowest BCUT2D eigenvalue weighted by Gasteiger charge is -2.25. The van der Waals surface area contributed by atoms with Gasteiger partial charge in [-0.3, -0.25) is 19.5 Å². The fourth-order valence-corrected chi connectivity index (χ4v) is 4.13. The van der Waals surface area contributed by atoms with Crippen molar-refractivity contribution in [2.45, 2.75) is 13.0 Å². The zero-order valence-corrected chi connectivity index (χ0v) is 17.9. The molecule has 166 valence electrons. The number of ether oxygens (including phenoxy) is 3. The van der Waals surface area contributed by atoms with E-state index in [2.05, 4.69) is 4.98 Å². The molecule has 8 nitrogen and oxygen atoms in total. The number of carbonyl (C=O) groups is 2. The number of amides is 1. The van der Waals surface area contributed by atoms with Crippen molar-refractivity contribution in [3.63, 3.8) is 0 Å². The van der Waals surface area contributed by atoms with Gasteiger partial charge in [0.1, 0.15) is 17.6 Å². The van der Waals surface area contributed by atoms with E-state index in [-0.39, 0.29) is 18.1 Å². The van der Waals surface area contributed by atoms with Crippen LogP contribution in [0.25, 0.3) is 5.76 Å². The molecule has 0 aliphatic carbocycles. The summed E-state index contributed by atoms with van der Waals surface area (Å²) in [6.45, 7) is 1.87. The Balaban J connectivity index is 1.70. The zero-order chi connectivity index (χ0) is 23.1. The minimum absolute atomic E-state index is 0.0374. The van der Waals surface area contributed by atoms with Gasteiger partial charge >= 0.3 is 0 Å². The van der Waals surface area contributed by atoms with Gasteiger partial charge in [-0.15, -0.1) is 0 Å². The highest BCUT2D eigenvalue weighted by molar-refractivity contribution is 6.51. The number of aliphatic hydroxyl groups is 1. The Kier molecular flexibility index (Phi) is 4.97. The van der Waals surface area contributed by atoms with Gasteiger partial charge in [-0.05, 0) is 55.0 Å². The van der Waals surface area contributed by atoms with Crippen LogP contribution < -0.4 is 19.1 Å². The summed E-state index contributed by atoms with van der Waals surface area (Å²) in [5, 5.41) is 11.3. The molecule has 0 saturated carbocycles. The molecule has 5 rings (SSSR count). The summed E-state index contributed by atoms with van der Waals surface area (Å²) in [6.07, 6.45) is 1.58. The molecule has 1 amide bonds. The number of aryl methyl sites for hydroxylation is 1. The van der Waals surface area contributed by atoms with E-state index in [1.54, 1.807) is 74.8 Å². The Morgan fingerprint density at radius 3 is 2.64 bits per heavy atom. The summed E-state index contributed by atoms with van der Waals surface area (Å²) in [5.74, 6) is -0.189. The molecule has 2 aromatic carbocycles. The lowest BCUT2D eigenvalue weighted by molar-refractivity contribution is -0.132. The van der Waals surface area contributed by atoms with Crippen molar-refractivity contribution in [1.29, 1.82) is 0 Å². The van der Waals surface area contributed by atoms with E-state index in [0.29, 0.717) is 39.8 Å². The number of Topliss-reactive ketones (excluding diaryl/α,β-unsaturated/α-hetero) is 1. The molecule has 0 radical (unpaired) electrons. The number of carbonyl (C=O) groups excluding carboxylic acids is 2. The van der Waals surface area contributed by atoms with Gasteiger partial charge < -0.3 is 19.3 Å². The van der Waals surface area contributed by atoms with E-state index in [0.717, 1.165) is 0 Å². The number of pyridine rings is 1. The molecule has 33 heavy (non-hydrogen) atoms. The third-order valence-electron chi connectivity index (χ3n) is 5.74. The highest BCUT2D eigenvalue weighted by Gasteiger charge is 2.48. The summed E-state index contributed by atoms with van der Waals surface area (Å²) in [6, 6.07) is 14.4. The highest BCUT2D eigenvalue weighted by atomic mass is 16.7. The molecule has 1 unspecified atom stereocenters. The lowest BCUT2D eigenvalue weighted by Crippen LogP contribution is -2.29. The molecule has 3 aromatic rings. The average Bonchev–Trinajstić information content (AvgIpc) is 3.41. The van der Waals surface area contributed by atoms with Crippen LogP contribution in [-0.2, 0) is 9.59 Å². The fraction of sp³-hybridized carbons (Fsp3) is 0.160. The van der Waals surface area contributed by atoms with E-state index >= 15 is 0 Å². The first-order valence-electron chi connectivity index (χ1n) is 10.3. The quantitative estimate of drug-likeness (QED) is 0.372. The lowest BCUT2D eigenvalue weighted by atomic mass is 9.96. The van der Waals surface area contributed by atoms with E-state index in [9.17, 15) is 14.7 Å². The molecular formula is C25H20N2O6. The molecule has 3 heterocycles. The molecule has 8 heteroatoms. The number of aliphatic hydroxyl groups excluding tert-OH is 1. The topological polar surface area (TPSA) is 98.2 Å². The Morgan fingerprint density at radius 2 is 1.91 bits per heavy atom. The minimum atomic E-state index is -0.923. The molecule has 1 fully saturated rings. The Labute approximate surface area is 189 Å². The van der Waals surface area contributed by atoms with E-state index < -0.39 is 17.7 Å². The summed E-state index contributed by atoms with van der Waals surface area (Å²) in [5.41, 5.74) is 1.97. The van der Waals surface area contributed by atoms with Crippen molar-refractivity contribution in [2.75, 3.05) is 18.8 Å². The normalized spacial score (nSPS) is 18.6. The van der Waals surface area contributed by atoms with Crippen LogP contribution in [0.15, 0.2) is 66.4 Å².